The van der Waals surface area contributed by atoms with Gasteiger partial charge in [-0.05, 0) is 17.7 Å². The molecule has 4 rings (SSSR count). The van der Waals surface area contributed by atoms with Crippen molar-refractivity contribution in [3.05, 3.63) is 35.4 Å². The van der Waals surface area contributed by atoms with Crippen molar-refractivity contribution in [2.45, 2.75) is 12.1 Å². The number of nitrogens with one attached hydrogen (secondary N) is 1. The van der Waals surface area contributed by atoms with E-state index in [1.807, 2.05) is 0 Å². The summed E-state index contributed by atoms with van der Waals surface area (Å²) in [5, 5.41) is 0. The van der Waals surface area contributed by atoms with E-state index in [0.29, 0.717) is 5.56 Å². The maximum Gasteiger partial charge on any atom is 0.159 e. The molecule has 1 aromatic rings. The van der Waals surface area contributed by atoms with Gasteiger partial charge in [0.25, 0.3) is 0 Å². The molecule has 4 nitrogen and oxygen atoms in total. The van der Waals surface area contributed by atoms with Gasteiger partial charge in [-0.1, -0.05) is 6.07 Å². The Morgan fingerprint density at radius 3 is 2.42 bits per heavy atom. The number of fused-ring (bicyclic) bond motifs is 3. The van der Waals surface area contributed by atoms with Crippen molar-refractivity contribution in [2.24, 2.45) is 5.84 Å². The van der Waals surface area contributed by atoms with Gasteiger partial charge in [0, 0.05) is 38.8 Å². The van der Waals surface area contributed by atoms with Crippen LogP contribution in [0.4, 0.5) is 8.78 Å². The first kappa shape index (κ1) is 12.9. The zero-order valence-corrected chi connectivity index (χ0v) is 10.6. The summed E-state index contributed by atoms with van der Waals surface area (Å²) in [4.78, 5) is 4.75. The molecule has 3 fully saturated rings. The third kappa shape index (κ3) is 2.36. The highest BCUT2D eigenvalue weighted by atomic mass is 19.2. The van der Waals surface area contributed by atoms with Crippen molar-refractivity contribution in [3.63, 3.8) is 0 Å². The van der Waals surface area contributed by atoms with Crippen molar-refractivity contribution < 1.29 is 8.78 Å². The van der Waals surface area contributed by atoms with Crippen LogP contribution in [0.15, 0.2) is 18.2 Å². The second-order valence-corrected chi connectivity index (χ2v) is 5.22. The fourth-order valence-corrected chi connectivity index (χ4v) is 3.11. The molecule has 3 saturated heterocycles. The van der Waals surface area contributed by atoms with E-state index in [9.17, 15) is 8.78 Å². The monoisotopic (exact) mass is 268 g/mol. The Kier molecular flexibility index (Phi) is 3.49. The van der Waals surface area contributed by atoms with Gasteiger partial charge in [-0.25, -0.2) is 8.78 Å². The number of benzene rings is 1. The normalized spacial score (nSPS) is 31.4. The molecule has 2 atom stereocenters. The van der Waals surface area contributed by atoms with E-state index in [1.54, 1.807) is 6.07 Å². The zero-order valence-electron chi connectivity index (χ0n) is 10.6. The first-order valence-corrected chi connectivity index (χ1v) is 6.56. The second kappa shape index (κ2) is 5.13. The van der Waals surface area contributed by atoms with Crippen molar-refractivity contribution in [2.75, 3.05) is 32.7 Å². The van der Waals surface area contributed by atoms with Crippen LogP contribution in [0.5, 0.6) is 0 Å². The van der Waals surface area contributed by atoms with Crippen LogP contribution in [0.25, 0.3) is 0 Å². The fraction of sp³-hybridized carbons (Fsp3) is 0.538. The first-order chi connectivity index (χ1) is 9.19. The van der Waals surface area contributed by atoms with Crippen molar-refractivity contribution in [1.82, 2.24) is 15.2 Å². The summed E-state index contributed by atoms with van der Waals surface area (Å²) in [6.07, 6.45) is 0. The van der Waals surface area contributed by atoms with Crippen LogP contribution in [0, 0.1) is 11.6 Å². The highest BCUT2D eigenvalue weighted by molar-refractivity contribution is 5.23. The lowest BCUT2D eigenvalue weighted by molar-refractivity contribution is -0.00374. The SMILES string of the molecule is NNC(c1ccc(F)c(F)c1)C1CN2CCN1CC2. The summed E-state index contributed by atoms with van der Waals surface area (Å²) < 4.78 is 26.4. The van der Waals surface area contributed by atoms with Crippen LogP contribution < -0.4 is 11.3 Å². The molecule has 104 valence electrons. The smallest absolute Gasteiger partial charge is 0.159 e. The van der Waals surface area contributed by atoms with Crippen molar-refractivity contribution >= 4 is 0 Å². The Balaban J connectivity index is 1.85. The average Bonchev–Trinajstić information content (AvgIpc) is 2.45. The highest BCUT2D eigenvalue weighted by Gasteiger charge is 2.37. The van der Waals surface area contributed by atoms with Gasteiger partial charge in [0.2, 0.25) is 0 Å². The summed E-state index contributed by atoms with van der Waals surface area (Å²) in [6.45, 7) is 5.07. The number of nitrogens with zero attached hydrogens (tertiary/aromatic N) is 2. The molecule has 0 amide bonds. The lowest BCUT2D eigenvalue weighted by atomic mass is 9.94. The third-order valence-corrected chi connectivity index (χ3v) is 4.19. The highest BCUT2D eigenvalue weighted by Crippen LogP contribution is 2.27. The molecule has 3 heterocycles. The van der Waals surface area contributed by atoms with Crippen LogP contribution in [0.3, 0.4) is 0 Å². The number of hydrogen-bond acceptors (Lipinski definition) is 4. The largest absolute Gasteiger partial charge is 0.299 e. The first-order valence-electron chi connectivity index (χ1n) is 6.56. The Bertz CT molecular complexity index is 460. The summed E-state index contributed by atoms with van der Waals surface area (Å²) in [6, 6.07) is 4.02. The van der Waals surface area contributed by atoms with Crippen molar-refractivity contribution in [1.29, 1.82) is 0 Å². The maximum atomic E-state index is 13.4. The van der Waals surface area contributed by atoms with Crippen molar-refractivity contribution in [3.8, 4) is 0 Å². The predicted octanol–water partition coefficient (Wildman–Crippen LogP) is 0.469. The molecular formula is C13H18F2N4. The molecule has 3 N–H and O–H groups in total. The molecule has 2 bridgehead atoms. The Morgan fingerprint density at radius 2 is 1.89 bits per heavy atom. The minimum atomic E-state index is -0.825. The standard InChI is InChI=1S/C13H18F2N4/c14-10-2-1-9(7-11(10)15)13(17-16)12-8-18-3-5-19(12)6-4-18/h1-2,7,12-13,17H,3-6,8,16H2. The number of halogens is 2. The molecular weight excluding hydrogens is 250 g/mol. The Hall–Kier alpha value is -1.08. The molecule has 3 aliphatic rings. The van der Waals surface area contributed by atoms with Gasteiger partial charge in [-0.3, -0.25) is 21.1 Å². The van der Waals surface area contributed by atoms with E-state index >= 15 is 0 Å². The lowest BCUT2D eigenvalue weighted by Gasteiger charge is -2.50. The van der Waals surface area contributed by atoms with Crippen LogP contribution >= 0.6 is 0 Å². The minimum absolute atomic E-state index is 0.182. The van der Waals surface area contributed by atoms with E-state index in [2.05, 4.69) is 15.2 Å². The Morgan fingerprint density at radius 1 is 1.16 bits per heavy atom. The summed E-state index contributed by atoms with van der Waals surface area (Å²) >= 11 is 0. The van der Waals surface area contributed by atoms with Gasteiger partial charge in [0.15, 0.2) is 11.6 Å². The topological polar surface area (TPSA) is 44.5 Å². The predicted molar refractivity (Wildman–Crippen MR) is 68.2 cm³/mol. The quantitative estimate of drug-likeness (QED) is 0.618. The molecule has 0 aliphatic carbocycles. The molecule has 0 radical (unpaired) electrons. The van der Waals surface area contributed by atoms with E-state index < -0.39 is 11.6 Å². The van der Waals surface area contributed by atoms with E-state index in [4.69, 9.17) is 5.84 Å². The molecule has 1 aromatic carbocycles. The lowest BCUT2D eigenvalue weighted by Crippen LogP contribution is -2.64. The molecule has 19 heavy (non-hydrogen) atoms. The van der Waals surface area contributed by atoms with Gasteiger partial charge in [-0.15, -0.1) is 0 Å². The minimum Gasteiger partial charge on any atom is -0.299 e. The zero-order chi connectivity index (χ0) is 13.4. The van der Waals surface area contributed by atoms with Gasteiger partial charge in [0.1, 0.15) is 0 Å². The molecule has 0 saturated carbocycles. The number of piperazine rings is 3. The van der Waals surface area contributed by atoms with Crippen LogP contribution in [0.2, 0.25) is 0 Å². The molecule has 2 unspecified atom stereocenters. The van der Waals surface area contributed by atoms with Crippen LogP contribution in [0.1, 0.15) is 11.6 Å². The maximum absolute atomic E-state index is 13.4. The number of rotatable bonds is 3. The van der Waals surface area contributed by atoms with E-state index in [-0.39, 0.29) is 12.1 Å². The van der Waals surface area contributed by atoms with Crippen LogP contribution in [-0.4, -0.2) is 48.6 Å². The fourth-order valence-electron chi connectivity index (χ4n) is 3.11. The second-order valence-electron chi connectivity index (χ2n) is 5.22. The summed E-state index contributed by atoms with van der Waals surface area (Å²) in [5.74, 6) is 3.99. The number of hydrazine groups is 1. The average molecular weight is 268 g/mol. The van der Waals surface area contributed by atoms with E-state index in [1.165, 1.54) is 6.07 Å². The van der Waals surface area contributed by atoms with Gasteiger partial charge in [0.05, 0.1) is 6.04 Å². The third-order valence-electron chi connectivity index (χ3n) is 4.19. The molecule has 6 heteroatoms. The number of nitrogens with two attached hydrogens (primary N) is 1. The van der Waals surface area contributed by atoms with Gasteiger partial charge < -0.3 is 0 Å². The molecule has 3 aliphatic heterocycles. The molecule has 0 spiro atoms. The van der Waals surface area contributed by atoms with E-state index in [0.717, 1.165) is 38.8 Å². The summed E-state index contributed by atoms with van der Waals surface area (Å²) in [5.41, 5.74) is 3.46. The van der Waals surface area contributed by atoms with Crippen LogP contribution in [-0.2, 0) is 0 Å². The summed E-state index contributed by atoms with van der Waals surface area (Å²) in [7, 11) is 0. The Labute approximate surface area is 111 Å². The van der Waals surface area contributed by atoms with Gasteiger partial charge in [-0.2, -0.15) is 0 Å². The van der Waals surface area contributed by atoms with Gasteiger partial charge >= 0.3 is 0 Å². The molecule has 0 aromatic heterocycles. The number of hydrogen-bond donors (Lipinski definition) is 2.